The number of hydrogen-bond donors (Lipinski definition) is 2. The summed E-state index contributed by atoms with van der Waals surface area (Å²) in [5.41, 5.74) is 3.75. The van der Waals surface area contributed by atoms with Crippen molar-refractivity contribution >= 4 is 5.96 Å². The lowest BCUT2D eigenvalue weighted by molar-refractivity contribution is 0.463. The van der Waals surface area contributed by atoms with Crippen molar-refractivity contribution in [3.63, 3.8) is 0 Å². The highest BCUT2D eigenvalue weighted by atomic mass is 16.3. The molecule has 5 heteroatoms. The number of nitrogens with one attached hydrogen (secondary N) is 1. The first-order chi connectivity index (χ1) is 7.69. The van der Waals surface area contributed by atoms with Crippen molar-refractivity contribution in [2.75, 3.05) is 13.6 Å². The van der Waals surface area contributed by atoms with Gasteiger partial charge < -0.3 is 9.32 Å². The van der Waals surface area contributed by atoms with Gasteiger partial charge in [-0.15, -0.1) is 0 Å². The van der Waals surface area contributed by atoms with Gasteiger partial charge in [0.25, 0.3) is 0 Å². The molecule has 0 amide bonds. The number of guanidine groups is 1. The van der Waals surface area contributed by atoms with Gasteiger partial charge in [0.05, 0.1) is 6.26 Å². The summed E-state index contributed by atoms with van der Waals surface area (Å²) < 4.78 is 5.24. The Bertz CT molecular complexity index is 346. The lowest BCUT2D eigenvalue weighted by Gasteiger charge is -2.20. The van der Waals surface area contributed by atoms with E-state index in [2.05, 4.69) is 17.3 Å². The van der Waals surface area contributed by atoms with Gasteiger partial charge >= 0.3 is 0 Å². The number of rotatable bonds is 4. The van der Waals surface area contributed by atoms with E-state index in [-0.39, 0.29) is 0 Å². The second-order valence-corrected chi connectivity index (χ2v) is 3.71. The van der Waals surface area contributed by atoms with Crippen molar-refractivity contribution in [3.8, 4) is 0 Å². The third-order valence-electron chi connectivity index (χ3n) is 2.35. The zero-order valence-corrected chi connectivity index (χ0v) is 10.2. The quantitative estimate of drug-likeness (QED) is 0.349. The molecule has 0 saturated carbocycles. The van der Waals surface area contributed by atoms with Crippen LogP contribution in [0.3, 0.4) is 0 Å². The molecular weight excluding hydrogens is 204 g/mol. The molecular formula is C11H20N4O. The average Bonchev–Trinajstić information content (AvgIpc) is 2.65. The monoisotopic (exact) mass is 224 g/mol. The molecule has 16 heavy (non-hydrogen) atoms. The van der Waals surface area contributed by atoms with Crippen LogP contribution in [0.2, 0.25) is 0 Å². The van der Waals surface area contributed by atoms with Crippen molar-refractivity contribution in [1.29, 1.82) is 0 Å². The van der Waals surface area contributed by atoms with Gasteiger partial charge in [-0.05, 0) is 19.4 Å². The van der Waals surface area contributed by atoms with Crippen LogP contribution in [0.4, 0.5) is 0 Å². The van der Waals surface area contributed by atoms with Gasteiger partial charge in [0.15, 0.2) is 0 Å². The number of aliphatic imine (C=N–C) groups is 1. The fraction of sp³-hybridized carbons (Fsp3) is 0.545. The summed E-state index contributed by atoms with van der Waals surface area (Å²) in [6.07, 6.45) is 2.70. The number of nitrogens with zero attached hydrogens (tertiary/aromatic N) is 2. The smallest absolute Gasteiger partial charge is 0.208 e. The van der Waals surface area contributed by atoms with E-state index in [1.807, 2.05) is 24.9 Å². The molecule has 0 radical (unpaired) electrons. The SMILES string of the molecule is CCCN=C(NN)N(C)Cc1ccoc1C. The molecule has 0 fully saturated rings. The van der Waals surface area contributed by atoms with Crippen LogP contribution < -0.4 is 11.3 Å². The third kappa shape index (κ3) is 3.27. The van der Waals surface area contributed by atoms with Gasteiger partial charge in [-0.1, -0.05) is 6.92 Å². The maximum atomic E-state index is 5.44. The second kappa shape index (κ2) is 6.17. The number of furan rings is 1. The zero-order chi connectivity index (χ0) is 12.0. The van der Waals surface area contributed by atoms with Gasteiger partial charge in [0.1, 0.15) is 5.76 Å². The lowest BCUT2D eigenvalue weighted by atomic mass is 10.2. The first-order valence-electron chi connectivity index (χ1n) is 5.44. The van der Waals surface area contributed by atoms with Crippen LogP contribution in [0, 0.1) is 6.92 Å². The van der Waals surface area contributed by atoms with Gasteiger partial charge in [0.2, 0.25) is 5.96 Å². The normalized spacial score (nSPS) is 11.6. The van der Waals surface area contributed by atoms with Gasteiger partial charge in [0, 0.05) is 25.7 Å². The molecule has 1 aromatic heterocycles. The molecule has 5 nitrogen and oxygen atoms in total. The Labute approximate surface area is 96.3 Å². The maximum Gasteiger partial charge on any atom is 0.208 e. The van der Waals surface area contributed by atoms with E-state index in [9.17, 15) is 0 Å². The van der Waals surface area contributed by atoms with Crippen molar-refractivity contribution < 1.29 is 4.42 Å². The first kappa shape index (κ1) is 12.6. The lowest BCUT2D eigenvalue weighted by Crippen LogP contribution is -2.42. The van der Waals surface area contributed by atoms with Crippen LogP contribution in [-0.4, -0.2) is 24.5 Å². The zero-order valence-electron chi connectivity index (χ0n) is 10.2. The highest BCUT2D eigenvalue weighted by Crippen LogP contribution is 2.10. The molecule has 3 N–H and O–H groups in total. The molecule has 0 atom stereocenters. The summed E-state index contributed by atoms with van der Waals surface area (Å²) in [5.74, 6) is 7.06. The van der Waals surface area contributed by atoms with Crippen LogP contribution in [0.5, 0.6) is 0 Å². The summed E-state index contributed by atoms with van der Waals surface area (Å²) >= 11 is 0. The van der Waals surface area contributed by atoms with Crippen molar-refractivity contribution in [3.05, 3.63) is 23.7 Å². The Balaban J connectivity index is 2.63. The van der Waals surface area contributed by atoms with E-state index in [4.69, 9.17) is 10.3 Å². The minimum Gasteiger partial charge on any atom is -0.469 e. The summed E-state index contributed by atoms with van der Waals surface area (Å²) in [6, 6.07) is 1.96. The minimum absolute atomic E-state index is 0.697. The predicted octanol–water partition coefficient (Wildman–Crippen LogP) is 1.25. The molecule has 0 saturated heterocycles. The largest absolute Gasteiger partial charge is 0.469 e. The van der Waals surface area contributed by atoms with Gasteiger partial charge in [-0.25, -0.2) is 5.84 Å². The summed E-state index contributed by atoms with van der Waals surface area (Å²) in [6.45, 7) is 5.53. The standard InChI is InChI=1S/C11H20N4O/c1-4-6-13-11(14-12)15(3)8-10-5-7-16-9(10)2/h5,7H,4,6,8,12H2,1-3H3,(H,13,14). The van der Waals surface area contributed by atoms with Crippen LogP contribution in [-0.2, 0) is 6.54 Å². The molecule has 1 heterocycles. The van der Waals surface area contributed by atoms with E-state index in [1.54, 1.807) is 6.26 Å². The molecule has 0 unspecified atom stereocenters. The number of aryl methyl sites for hydroxylation is 1. The molecule has 0 aromatic carbocycles. The van der Waals surface area contributed by atoms with Crippen LogP contribution in [0.25, 0.3) is 0 Å². The summed E-state index contributed by atoms with van der Waals surface area (Å²) in [4.78, 5) is 6.31. The Morgan fingerprint density at radius 1 is 1.62 bits per heavy atom. The van der Waals surface area contributed by atoms with E-state index < -0.39 is 0 Å². The highest BCUT2D eigenvalue weighted by Gasteiger charge is 2.08. The molecule has 0 aliphatic carbocycles. The van der Waals surface area contributed by atoms with Crippen molar-refractivity contribution in [2.24, 2.45) is 10.8 Å². The average molecular weight is 224 g/mol. The predicted molar refractivity (Wildman–Crippen MR) is 64.8 cm³/mol. The van der Waals surface area contributed by atoms with E-state index in [0.29, 0.717) is 5.96 Å². The molecule has 1 rings (SSSR count). The van der Waals surface area contributed by atoms with Crippen LogP contribution in [0.15, 0.2) is 21.7 Å². The molecule has 0 spiro atoms. The fourth-order valence-electron chi connectivity index (χ4n) is 1.40. The second-order valence-electron chi connectivity index (χ2n) is 3.71. The fourth-order valence-corrected chi connectivity index (χ4v) is 1.40. The number of nitrogens with two attached hydrogens (primary N) is 1. The summed E-state index contributed by atoms with van der Waals surface area (Å²) in [5, 5.41) is 0. The van der Waals surface area contributed by atoms with Gasteiger partial charge in [-0.2, -0.15) is 0 Å². The van der Waals surface area contributed by atoms with E-state index in [1.165, 1.54) is 0 Å². The van der Waals surface area contributed by atoms with E-state index in [0.717, 1.165) is 30.8 Å². The van der Waals surface area contributed by atoms with Crippen molar-refractivity contribution in [2.45, 2.75) is 26.8 Å². The molecule has 0 bridgehead atoms. The number of hydrogen-bond acceptors (Lipinski definition) is 3. The third-order valence-corrected chi connectivity index (χ3v) is 2.35. The van der Waals surface area contributed by atoms with E-state index >= 15 is 0 Å². The maximum absolute atomic E-state index is 5.44. The molecule has 1 aromatic rings. The van der Waals surface area contributed by atoms with Gasteiger partial charge in [-0.3, -0.25) is 10.4 Å². The number of hydrazine groups is 1. The Morgan fingerprint density at radius 2 is 2.38 bits per heavy atom. The molecule has 90 valence electrons. The van der Waals surface area contributed by atoms with Crippen LogP contribution in [0.1, 0.15) is 24.7 Å². The molecule has 0 aliphatic rings. The Hall–Kier alpha value is -1.49. The van der Waals surface area contributed by atoms with Crippen LogP contribution >= 0.6 is 0 Å². The minimum atomic E-state index is 0.697. The molecule has 0 aliphatic heterocycles. The first-order valence-corrected chi connectivity index (χ1v) is 5.44. The Kier molecular flexibility index (Phi) is 4.85. The summed E-state index contributed by atoms with van der Waals surface area (Å²) in [7, 11) is 1.95. The Morgan fingerprint density at radius 3 is 2.88 bits per heavy atom. The highest BCUT2D eigenvalue weighted by molar-refractivity contribution is 5.79. The topological polar surface area (TPSA) is 66.8 Å². The van der Waals surface area contributed by atoms with Crippen molar-refractivity contribution in [1.82, 2.24) is 10.3 Å².